The van der Waals surface area contributed by atoms with Crippen molar-refractivity contribution in [2.75, 3.05) is 37.4 Å². The van der Waals surface area contributed by atoms with Gasteiger partial charge in [0.05, 0.1) is 23.7 Å². The molecule has 150 valence electrons. The van der Waals surface area contributed by atoms with E-state index >= 15 is 4.39 Å². The number of ether oxygens (including phenoxy) is 1. The first kappa shape index (κ1) is 17.8. The van der Waals surface area contributed by atoms with Crippen molar-refractivity contribution in [2.45, 2.75) is 44.7 Å². The predicted molar refractivity (Wildman–Crippen MR) is 109 cm³/mol. The maximum Gasteiger partial charge on any atom is 0.194 e. The summed E-state index contributed by atoms with van der Waals surface area (Å²) in [7, 11) is 1.55. The number of rotatable bonds is 3. The second-order valence-corrected chi connectivity index (χ2v) is 8.48. The molecular formula is C21H27FN4O2. The van der Waals surface area contributed by atoms with Crippen molar-refractivity contribution in [3.63, 3.8) is 0 Å². The summed E-state index contributed by atoms with van der Waals surface area (Å²) >= 11 is 0. The number of aryl methyl sites for hydroxylation is 1. The Labute approximate surface area is 163 Å². The number of fused-ring (bicyclic) bond motifs is 2. The predicted octanol–water partition coefficient (Wildman–Crippen LogP) is 2.56. The number of nitrogens with two attached hydrogens (primary N) is 1. The molecule has 7 heteroatoms. The number of aromatic nitrogens is 1. The van der Waals surface area contributed by atoms with Gasteiger partial charge >= 0.3 is 0 Å². The molecule has 3 N–H and O–H groups in total. The van der Waals surface area contributed by atoms with Crippen LogP contribution in [0.5, 0.6) is 5.75 Å². The van der Waals surface area contributed by atoms with Crippen LogP contribution in [0.15, 0.2) is 11.0 Å². The first-order valence-corrected chi connectivity index (χ1v) is 10.2. The van der Waals surface area contributed by atoms with Crippen LogP contribution in [0.3, 0.4) is 0 Å². The molecule has 3 fully saturated rings. The van der Waals surface area contributed by atoms with Crippen molar-refractivity contribution in [1.29, 1.82) is 0 Å². The monoisotopic (exact) mass is 386 g/mol. The second-order valence-electron chi connectivity index (χ2n) is 8.48. The summed E-state index contributed by atoms with van der Waals surface area (Å²) in [6.07, 6.45) is 6.26. The van der Waals surface area contributed by atoms with Crippen LogP contribution in [-0.2, 0) is 0 Å². The molecule has 2 aliphatic heterocycles. The van der Waals surface area contributed by atoms with Gasteiger partial charge in [0.15, 0.2) is 17.0 Å². The first-order chi connectivity index (χ1) is 13.5. The van der Waals surface area contributed by atoms with E-state index in [-0.39, 0.29) is 16.5 Å². The molecule has 28 heavy (non-hydrogen) atoms. The molecule has 2 aromatic rings. The second kappa shape index (κ2) is 6.37. The van der Waals surface area contributed by atoms with Crippen molar-refractivity contribution < 1.29 is 9.13 Å². The average molecular weight is 386 g/mol. The summed E-state index contributed by atoms with van der Waals surface area (Å²) in [5, 5.41) is 3.80. The lowest BCUT2D eigenvalue weighted by Crippen LogP contribution is -2.40. The molecule has 2 unspecified atom stereocenters. The molecule has 1 saturated carbocycles. The Hall–Kier alpha value is -2.28. The average Bonchev–Trinajstić information content (AvgIpc) is 3.44. The zero-order chi connectivity index (χ0) is 19.6. The van der Waals surface area contributed by atoms with E-state index in [0.29, 0.717) is 40.5 Å². The summed E-state index contributed by atoms with van der Waals surface area (Å²) in [6, 6.07) is 0.676. The van der Waals surface area contributed by atoms with E-state index in [1.165, 1.54) is 0 Å². The molecule has 5 rings (SSSR count). The molecule has 3 aliphatic rings. The van der Waals surface area contributed by atoms with Crippen LogP contribution in [0.1, 0.15) is 37.3 Å². The van der Waals surface area contributed by atoms with E-state index in [1.807, 2.05) is 6.20 Å². The molecule has 2 saturated heterocycles. The third kappa shape index (κ3) is 2.52. The number of anilines is 2. The molecule has 0 amide bonds. The van der Waals surface area contributed by atoms with Gasteiger partial charge in [-0.2, -0.15) is 0 Å². The van der Waals surface area contributed by atoms with Crippen molar-refractivity contribution in [3.05, 3.63) is 27.8 Å². The molecule has 0 radical (unpaired) electrons. The number of hydrogen-bond donors (Lipinski definition) is 2. The summed E-state index contributed by atoms with van der Waals surface area (Å²) in [6.45, 7) is 4.27. The molecule has 1 aromatic carbocycles. The third-order valence-corrected chi connectivity index (χ3v) is 6.62. The molecule has 0 bridgehead atoms. The van der Waals surface area contributed by atoms with Gasteiger partial charge in [-0.1, -0.05) is 0 Å². The van der Waals surface area contributed by atoms with Gasteiger partial charge in [0.1, 0.15) is 5.69 Å². The number of hydrogen-bond acceptors (Lipinski definition) is 5. The minimum atomic E-state index is -0.534. The minimum absolute atomic E-state index is 0.0586. The lowest BCUT2D eigenvalue weighted by Gasteiger charge is -2.26. The molecule has 6 nitrogen and oxygen atoms in total. The fraction of sp³-hybridized carbons (Fsp3) is 0.571. The summed E-state index contributed by atoms with van der Waals surface area (Å²) in [5.41, 5.74) is 7.57. The highest BCUT2D eigenvalue weighted by Crippen LogP contribution is 2.47. The van der Waals surface area contributed by atoms with Gasteiger partial charge in [-0.25, -0.2) is 4.39 Å². The van der Waals surface area contributed by atoms with Gasteiger partial charge < -0.3 is 25.3 Å². The molecule has 0 spiro atoms. The Kier molecular flexibility index (Phi) is 4.05. The van der Waals surface area contributed by atoms with Crippen LogP contribution in [0, 0.1) is 18.7 Å². The van der Waals surface area contributed by atoms with Gasteiger partial charge in [-0.15, -0.1) is 0 Å². The highest BCUT2D eigenvalue weighted by Gasteiger charge is 2.38. The highest BCUT2D eigenvalue weighted by molar-refractivity contribution is 6.00. The standard InChI is InChI=1S/C21H27FN4O2/c1-11-8-26(13-5-6-13)18-15(20(11)27)17(23)16(22)19(21(18)28-2)25-9-12-4-3-7-24-14(12)10-25/h8,12-14,24H,3-7,9-10,23H2,1-2H3. The largest absolute Gasteiger partial charge is 0.492 e. The van der Waals surface area contributed by atoms with Gasteiger partial charge in [-0.05, 0) is 45.1 Å². The van der Waals surface area contributed by atoms with Crippen molar-refractivity contribution in [3.8, 4) is 5.75 Å². The first-order valence-electron chi connectivity index (χ1n) is 10.2. The van der Waals surface area contributed by atoms with Crippen molar-refractivity contribution in [2.24, 2.45) is 5.92 Å². The normalized spacial score (nSPS) is 24.6. The van der Waals surface area contributed by atoms with E-state index < -0.39 is 5.82 Å². The zero-order valence-corrected chi connectivity index (χ0v) is 16.4. The van der Waals surface area contributed by atoms with Crippen LogP contribution in [-0.4, -0.2) is 37.4 Å². The quantitative estimate of drug-likeness (QED) is 0.794. The summed E-state index contributed by atoms with van der Waals surface area (Å²) in [4.78, 5) is 14.9. The number of piperidine rings is 1. The van der Waals surface area contributed by atoms with E-state index in [1.54, 1.807) is 14.0 Å². The Morgan fingerprint density at radius 3 is 2.75 bits per heavy atom. The number of halogens is 1. The molecule has 2 atom stereocenters. The van der Waals surface area contributed by atoms with Crippen LogP contribution in [0.2, 0.25) is 0 Å². The van der Waals surface area contributed by atoms with E-state index in [9.17, 15) is 4.79 Å². The van der Waals surface area contributed by atoms with Gasteiger partial charge in [0.25, 0.3) is 0 Å². The number of nitrogen functional groups attached to an aromatic ring is 1. The van der Waals surface area contributed by atoms with E-state index in [0.717, 1.165) is 45.3 Å². The zero-order valence-electron chi connectivity index (χ0n) is 16.4. The van der Waals surface area contributed by atoms with E-state index in [4.69, 9.17) is 10.5 Å². The van der Waals surface area contributed by atoms with Crippen LogP contribution < -0.4 is 26.1 Å². The van der Waals surface area contributed by atoms with Crippen LogP contribution in [0.25, 0.3) is 10.9 Å². The third-order valence-electron chi connectivity index (χ3n) is 6.62. The smallest absolute Gasteiger partial charge is 0.194 e. The fourth-order valence-corrected chi connectivity index (χ4v) is 5.04. The Morgan fingerprint density at radius 2 is 2.07 bits per heavy atom. The Morgan fingerprint density at radius 1 is 1.29 bits per heavy atom. The van der Waals surface area contributed by atoms with Crippen molar-refractivity contribution in [1.82, 2.24) is 9.88 Å². The van der Waals surface area contributed by atoms with Crippen molar-refractivity contribution >= 4 is 22.3 Å². The molecular weight excluding hydrogens is 359 g/mol. The number of methoxy groups -OCH3 is 1. The SMILES string of the molecule is COc1c(N2CC3CCCNC3C2)c(F)c(N)c2c(=O)c(C)cn(C3CC3)c12. The summed E-state index contributed by atoms with van der Waals surface area (Å²) < 4.78 is 23.4. The maximum atomic E-state index is 15.6. The molecule has 1 aliphatic carbocycles. The van der Waals surface area contributed by atoms with Gasteiger partial charge in [-0.3, -0.25) is 4.79 Å². The van der Waals surface area contributed by atoms with Crippen LogP contribution in [0.4, 0.5) is 15.8 Å². The highest BCUT2D eigenvalue weighted by atomic mass is 19.1. The van der Waals surface area contributed by atoms with Gasteiger partial charge in [0.2, 0.25) is 0 Å². The lowest BCUT2D eigenvalue weighted by molar-refractivity contribution is 0.340. The topological polar surface area (TPSA) is 72.5 Å². The molecule has 3 heterocycles. The maximum absolute atomic E-state index is 15.6. The van der Waals surface area contributed by atoms with E-state index in [2.05, 4.69) is 14.8 Å². The lowest BCUT2D eigenvalue weighted by atomic mass is 9.94. The van der Waals surface area contributed by atoms with Crippen LogP contribution >= 0.6 is 0 Å². The number of nitrogens with zero attached hydrogens (tertiary/aromatic N) is 2. The Bertz CT molecular complexity index is 1000. The number of benzene rings is 1. The Balaban J connectivity index is 1.76. The van der Waals surface area contributed by atoms with Gasteiger partial charge in [0, 0.05) is 36.9 Å². The minimum Gasteiger partial charge on any atom is -0.492 e. The fourth-order valence-electron chi connectivity index (χ4n) is 5.04. The molecule has 1 aromatic heterocycles. The number of nitrogens with one attached hydrogen (secondary N) is 1. The number of pyridine rings is 1. The summed E-state index contributed by atoms with van der Waals surface area (Å²) in [5.74, 6) is 0.399.